The van der Waals surface area contributed by atoms with E-state index in [-0.39, 0.29) is 6.04 Å². The molecule has 2 aromatic rings. The number of ether oxygens (including phenoxy) is 1. The Morgan fingerprint density at radius 1 is 1.33 bits per heavy atom. The highest BCUT2D eigenvalue weighted by molar-refractivity contribution is 7.07. The SMILES string of the molecule is CNC(c1ccc(OC2CC2)cc1)c1cscn1. The van der Waals surface area contributed by atoms with Crippen LogP contribution in [0, 0.1) is 0 Å². The van der Waals surface area contributed by atoms with Crippen molar-refractivity contribution < 1.29 is 4.74 Å². The molecule has 18 heavy (non-hydrogen) atoms. The summed E-state index contributed by atoms with van der Waals surface area (Å²) in [4.78, 5) is 4.37. The minimum Gasteiger partial charge on any atom is -0.490 e. The van der Waals surface area contributed by atoms with Crippen LogP contribution < -0.4 is 10.1 Å². The molecule has 1 heterocycles. The van der Waals surface area contributed by atoms with Gasteiger partial charge < -0.3 is 10.1 Å². The minimum absolute atomic E-state index is 0.159. The summed E-state index contributed by atoms with van der Waals surface area (Å²) >= 11 is 1.62. The number of nitrogens with one attached hydrogen (secondary N) is 1. The van der Waals surface area contributed by atoms with E-state index < -0.39 is 0 Å². The van der Waals surface area contributed by atoms with Crippen LogP contribution in [-0.4, -0.2) is 18.1 Å². The van der Waals surface area contributed by atoms with E-state index in [0.29, 0.717) is 6.10 Å². The summed E-state index contributed by atoms with van der Waals surface area (Å²) in [6, 6.07) is 8.47. The molecule has 1 aliphatic carbocycles. The number of rotatable bonds is 5. The molecule has 1 fully saturated rings. The van der Waals surface area contributed by atoms with Gasteiger partial charge in [-0.15, -0.1) is 11.3 Å². The van der Waals surface area contributed by atoms with Crippen molar-refractivity contribution in [3.8, 4) is 5.75 Å². The fourth-order valence-electron chi connectivity index (χ4n) is 1.97. The van der Waals surface area contributed by atoms with E-state index in [1.165, 1.54) is 18.4 Å². The number of hydrogen-bond acceptors (Lipinski definition) is 4. The molecular weight excluding hydrogens is 244 g/mol. The molecule has 94 valence electrons. The second kappa shape index (κ2) is 5.08. The first-order valence-electron chi connectivity index (χ1n) is 6.19. The lowest BCUT2D eigenvalue weighted by atomic mass is 10.0. The first-order chi connectivity index (χ1) is 8.86. The van der Waals surface area contributed by atoms with E-state index >= 15 is 0 Å². The lowest BCUT2D eigenvalue weighted by Crippen LogP contribution is -2.17. The third-order valence-corrected chi connectivity index (χ3v) is 3.68. The maximum Gasteiger partial charge on any atom is 0.119 e. The predicted molar refractivity (Wildman–Crippen MR) is 73.1 cm³/mol. The lowest BCUT2D eigenvalue weighted by Gasteiger charge is -2.15. The monoisotopic (exact) mass is 260 g/mol. The number of benzene rings is 1. The molecule has 1 unspecified atom stereocenters. The van der Waals surface area contributed by atoms with Crippen LogP contribution in [-0.2, 0) is 0 Å². The fourth-order valence-corrected chi connectivity index (χ4v) is 2.55. The summed E-state index contributed by atoms with van der Waals surface area (Å²) in [5.74, 6) is 0.967. The minimum atomic E-state index is 0.159. The van der Waals surface area contributed by atoms with Crippen molar-refractivity contribution in [2.45, 2.75) is 25.0 Å². The molecule has 4 heteroatoms. The van der Waals surface area contributed by atoms with Crippen LogP contribution in [0.25, 0.3) is 0 Å². The number of nitrogens with zero attached hydrogens (tertiary/aromatic N) is 1. The van der Waals surface area contributed by atoms with Gasteiger partial charge in [0.1, 0.15) is 5.75 Å². The highest BCUT2D eigenvalue weighted by Crippen LogP contribution is 2.28. The van der Waals surface area contributed by atoms with Gasteiger partial charge >= 0.3 is 0 Å². The molecule has 0 saturated heterocycles. The molecule has 0 radical (unpaired) electrons. The van der Waals surface area contributed by atoms with Gasteiger partial charge in [0.05, 0.1) is 23.4 Å². The molecule has 1 aromatic carbocycles. The van der Waals surface area contributed by atoms with Gasteiger partial charge in [0.2, 0.25) is 0 Å². The molecule has 0 amide bonds. The first-order valence-corrected chi connectivity index (χ1v) is 7.13. The normalized spacial score (nSPS) is 16.5. The molecule has 0 spiro atoms. The van der Waals surface area contributed by atoms with E-state index in [4.69, 9.17) is 4.74 Å². The van der Waals surface area contributed by atoms with Crippen molar-refractivity contribution in [2.75, 3.05) is 7.05 Å². The van der Waals surface area contributed by atoms with Gasteiger partial charge in [-0.2, -0.15) is 0 Å². The average molecular weight is 260 g/mol. The predicted octanol–water partition coefficient (Wildman–Crippen LogP) is 2.99. The quantitative estimate of drug-likeness (QED) is 0.897. The summed E-state index contributed by atoms with van der Waals surface area (Å²) in [5, 5.41) is 5.38. The van der Waals surface area contributed by atoms with E-state index in [1.54, 1.807) is 11.3 Å². The first kappa shape index (κ1) is 11.7. The smallest absolute Gasteiger partial charge is 0.119 e. The Morgan fingerprint density at radius 3 is 2.67 bits per heavy atom. The third kappa shape index (κ3) is 2.54. The summed E-state index contributed by atoms with van der Waals surface area (Å²) in [7, 11) is 1.96. The van der Waals surface area contributed by atoms with Crippen molar-refractivity contribution in [1.29, 1.82) is 0 Å². The zero-order chi connectivity index (χ0) is 12.4. The number of hydrogen-bond donors (Lipinski definition) is 1. The Bertz CT molecular complexity index is 491. The van der Waals surface area contributed by atoms with Crippen LogP contribution in [0.1, 0.15) is 30.1 Å². The van der Waals surface area contributed by atoms with Gasteiger partial charge in [-0.3, -0.25) is 0 Å². The Labute approximate surface area is 111 Å². The molecule has 3 nitrogen and oxygen atoms in total. The molecule has 1 N–H and O–H groups in total. The molecule has 1 aliphatic rings. The van der Waals surface area contributed by atoms with E-state index in [9.17, 15) is 0 Å². The van der Waals surface area contributed by atoms with Gasteiger partial charge in [-0.05, 0) is 37.6 Å². The second-order valence-corrected chi connectivity index (χ2v) is 5.24. The van der Waals surface area contributed by atoms with Crippen molar-refractivity contribution in [2.24, 2.45) is 0 Å². The second-order valence-electron chi connectivity index (χ2n) is 4.52. The molecule has 1 aromatic heterocycles. The van der Waals surface area contributed by atoms with E-state index in [2.05, 4.69) is 27.8 Å². The van der Waals surface area contributed by atoms with Crippen molar-refractivity contribution >= 4 is 11.3 Å². The molecular formula is C14H16N2OS. The zero-order valence-electron chi connectivity index (χ0n) is 10.3. The van der Waals surface area contributed by atoms with Crippen LogP contribution in [0.2, 0.25) is 0 Å². The Hall–Kier alpha value is -1.39. The molecule has 1 saturated carbocycles. The molecule has 1 atom stereocenters. The van der Waals surface area contributed by atoms with E-state index in [0.717, 1.165) is 11.4 Å². The number of aromatic nitrogens is 1. The summed E-state index contributed by atoms with van der Waals surface area (Å²) in [5.41, 5.74) is 4.15. The summed E-state index contributed by atoms with van der Waals surface area (Å²) in [6.45, 7) is 0. The maximum absolute atomic E-state index is 5.75. The molecule has 0 aliphatic heterocycles. The Balaban J connectivity index is 1.77. The van der Waals surface area contributed by atoms with Crippen LogP contribution in [0.4, 0.5) is 0 Å². The van der Waals surface area contributed by atoms with Gasteiger partial charge in [0.25, 0.3) is 0 Å². The molecule has 3 rings (SSSR count). The zero-order valence-corrected chi connectivity index (χ0v) is 11.1. The molecule has 0 bridgehead atoms. The summed E-state index contributed by atoms with van der Waals surface area (Å²) in [6.07, 6.45) is 2.84. The highest BCUT2D eigenvalue weighted by atomic mass is 32.1. The van der Waals surface area contributed by atoms with Crippen LogP contribution >= 0.6 is 11.3 Å². The van der Waals surface area contributed by atoms with Crippen molar-refractivity contribution in [3.63, 3.8) is 0 Å². The van der Waals surface area contributed by atoms with Crippen LogP contribution in [0.3, 0.4) is 0 Å². The van der Waals surface area contributed by atoms with Gasteiger partial charge in [0.15, 0.2) is 0 Å². The maximum atomic E-state index is 5.75. The highest BCUT2D eigenvalue weighted by Gasteiger charge is 2.23. The Morgan fingerprint density at radius 2 is 2.11 bits per heavy atom. The standard InChI is InChI=1S/C14H16N2OS/c1-15-14(13-8-18-9-16-13)10-2-4-11(5-3-10)17-12-6-7-12/h2-5,8-9,12,14-15H,6-7H2,1H3. The average Bonchev–Trinajstić information content (AvgIpc) is 3.05. The van der Waals surface area contributed by atoms with Crippen molar-refractivity contribution in [3.05, 3.63) is 46.4 Å². The van der Waals surface area contributed by atoms with Crippen LogP contribution in [0.15, 0.2) is 35.2 Å². The van der Waals surface area contributed by atoms with Crippen molar-refractivity contribution in [1.82, 2.24) is 10.3 Å². The van der Waals surface area contributed by atoms with E-state index in [1.807, 2.05) is 24.7 Å². The topological polar surface area (TPSA) is 34.1 Å². The van der Waals surface area contributed by atoms with Gasteiger partial charge in [-0.1, -0.05) is 12.1 Å². The van der Waals surface area contributed by atoms with Gasteiger partial charge in [-0.25, -0.2) is 4.98 Å². The Kier molecular flexibility index (Phi) is 3.30. The number of thiazole rings is 1. The third-order valence-electron chi connectivity index (χ3n) is 3.08. The van der Waals surface area contributed by atoms with Gasteiger partial charge in [0, 0.05) is 5.38 Å². The fraction of sp³-hybridized carbons (Fsp3) is 0.357. The van der Waals surface area contributed by atoms with Crippen LogP contribution in [0.5, 0.6) is 5.75 Å². The lowest BCUT2D eigenvalue weighted by molar-refractivity contribution is 0.303. The summed E-state index contributed by atoms with van der Waals surface area (Å²) < 4.78 is 5.75. The largest absolute Gasteiger partial charge is 0.490 e.